The molecule has 6 heterocycles. The van der Waals surface area contributed by atoms with Gasteiger partial charge in [0.15, 0.2) is 11.5 Å². The molecule has 0 unspecified atom stereocenters. The first-order chi connectivity index (χ1) is 18.4. The molecule has 0 aliphatic carbocycles. The van der Waals surface area contributed by atoms with E-state index in [1.807, 2.05) is 30.1 Å². The van der Waals surface area contributed by atoms with Crippen LogP contribution in [0.2, 0.25) is 0 Å². The van der Waals surface area contributed by atoms with Crippen LogP contribution < -0.4 is 5.32 Å². The number of nitrogens with zero attached hydrogens (tertiary/aromatic N) is 8. The Kier molecular flexibility index (Phi) is 6.73. The SMILES string of the molecule is CC(C)c1c2cc(-c3nc(Nc4ccc(CN5CCN(C6COC6)CC5)cn4)ncc3F)cnc2nn1C. The average Bonchev–Trinajstić information content (AvgIpc) is 3.21. The third-order valence-corrected chi connectivity index (χ3v) is 7.31. The first-order valence-corrected chi connectivity index (χ1v) is 13.1. The van der Waals surface area contributed by atoms with Crippen LogP contribution >= 0.6 is 0 Å². The summed E-state index contributed by atoms with van der Waals surface area (Å²) in [6.07, 6.45) is 4.64. The van der Waals surface area contributed by atoms with Gasteiger partial charge >= 0.3 is 0 Å². The number of halogens is 1. The Morgan fingerprint density at radius 1 is 1.05 bits per heavy atom. The first kappa shape index (κ1) is 24.8. The number of rotatable bonds is 7. The second-order valence-corrected chi connectivity index (χ2v) is 10.3. The van der Waals surface area contributed by atoms with Crippen molar-refractivity contribution < 1.29 is 9.13 Å². The molecule has 4 aromatic rings. The van der Waals surface area contributed by atoms with Crippen molar-refractivity contribution in [1.82, 2.24) is 39.5 Å². The topological polar surface area (TPSA) is 97.1 Å². The summed E-state index contributed by atoms with van der Waals surface area (Å²) in [5.41, 5.74) is 3.57. The monoisotopic (exact) mass is 517 g/mol. The van der Waals surface area contributed by atoms with Gasteiger partial charge in [0.2, 0.25) is 5.95 Å². The number of fused-ring (bicyclic) bond motifs is 1. The van der Waals surface area contributed by atoms with Gasteiger partial charge in [0.05, 0.1) is 31.1 Å². The number of piperazine rings is 1. The van der Waals surface area contributed by atoms with Gasteiger partial charge in [0, 0.05) is 63.1 Å². The predicted molar refractivity (Wildman–Crippen MR) is 143 cm³/mol. The fourth-order valence-electron chi connectivity index (χ4n) is 5.23. The molecule has 2 aliphatic rings. The number of aryl methyl sites for hydroxylation is 1. The minimum Gasteiger partial charge on any atom is -0.378 e. The summed E-state index contributed by atoms with van der Waals surface area (Å²) in [7, 11) is 1.90. The highest BCUT2D eigenvalue weighted by Crippen LogP contribution is 2.29. The largest absolute Gasteiger partial charge is 0.378 e. The second kappa shape index (κ2) is 10.3. The zero-order valence-electron chi connectivity index (χ0n) is 21.9. The molecule has 6 rings (SSSR count). The van der Waals surface area contributed by atoms with Crippen molar-refractivity contribution in [3.8, 4) is 11.3 Å². The van der Waals surface area contributed by atoms with Crippen molar-refractivity contribution >= 4 is 22.8 Å². The van der Waals surface area contributed by atoms with E-state index in [-0.39, 0.29) is 17.6 Å². The second-order valence-electron chi connectivity index (χ2n) is 10.3. The molecule has 2 aliphatic heterocycles. The molecule has 1 N–H and O–H groups in total. The third-order valence-electron chi connectivity index (χ3n) is 7.31. The van der Waals surface area contributed by atoms with Crippen LogP contribution in [-0.4, -0.2) is 85.0 Å². The highest BCUT2D eigenvalue weighted by Gasteiger charge is 2.28. The zero-order chi connectivity index (χ0) is 26.2. The third kappa shape index (κ3) is 4.96. The van der Waals surface area contributed by atoms with E-state index in [1.54, 1.807) is 6.20 Å². The van der Waals surface area contributed by atoms with E-state index in [0.29, 0.717) is 23.1 Å². The summed E-state index contributed by atoms with van der Waals surface area (Å²) < 4.78 is 21.9. The molecule has 198 valence electrons. The van der Waals surface area contributed by atoms with Crippen LogP contribution in [-0.2, 0) is 18.3 Å². The number of hydrogen-bond donors (Lipinski definition) is 1. The molecule has 0 bridgehead atoms. The van der Waals surface area contributed by atoms with E-state index in [0.717, 1.165) is 62.6 Å². The molecular weight excluding hydrogens is 485 g/mol. The van der Waals surface area contributed by atoms with Crippen molar-refractivity contribution in [3.05, 3.63) is 53.9 Å². The fourth-order valence-corrected chi connectivity index (χ4v) is 5.23. The van der Waals surface area contributed by atoms with Crippen molar-refractivity contribution in [3.63, 3.8) is 0 Å². The minimum atomic E-state index is -0.514. The van der Waals surface area contributed by atoms with E-state index < -0.39 is 5.82 Å². The maximum absolute atomic E-state index is 14.8. The fraction of sp³-hybridized carbons (Fsp3) is 0.444. The van der Waals surface area contributed by atoms with Gasteiger partial charge in [0.1, 0.15) is 11.5 Å². The molecule has 2 saturated heterocycles. The van der Waals surface area contributed by atoms with Gasteiger partial charge in [-0.25, -0.2) is 24.3 Å². The molecule has 2 fully saturated rings. The van der Waals surface area contributed by atoms with Crippen LogP contribution in [0.25, 0.3) is 22.3 Å². The summed E-state index contributed by atoms with van der Waals surface area (Å²) in [5.74, 6) is 0.604. The molecule has 38 heavy (non-hydrogen) atoms. The lowest BCUT2D eigenvalue weighted by Gasteiger charge is -2.42. The summed E-state index contributed by atoms with van der Waals surface area (Å²) in [4.78, 5) is 22.5. The highest BCUT2D eigenvalue weighted by atomic mass is 19.1. The Morgan fingerprint density at radius 2 is 1.87 bits per heavy atom. The normalized spacial score (nSPS) is 17.3. The number of nitrogens with one attached hydrogen (secondary N) is 1. The lowest BCUT2D eigenvalue weighted by atomic mass is 10.1. The molecule has 0 spiro atoms. The minimum absolute atomic E-state index is 0.180. The lowest BCUT2D eigenvalue weighted by molar-refractivity contribution is -0.0774. The van der Waals surface area contributed by atoms with Gasteiger partial charge in [-0.05, 0) is 23.6 Å². The van der Waals surface area contributed by atoms with Gasteiger partial charge in [0.25, 0.3) is 0 Å². The van der Waals surface area contributed by atoms with Crippen molar-refractivity contribution in [1.29, 1.82) is 0 Å². The average molecular weight is 518 g/mol. The molecule has 0 atom stereocenters. The van der Waals surface area contributed by atoms with E-state index in [1.165, 1.54) is 6.20 Å². The smallest absolute Gasteiger partial charge is 0.229 e. The maximum Gasteiger partial charge on any atom is 0.229 e. The molecule has 11 heteroatoms. The molecule has 0 radical (unpaired) electrons. The Morgan fingerprint density at radius 3 is 2.55 bits per heavy atom. The van der Waals surface area contributed by atoms with Crippen LogP contribution in [0.1, 0.15) is 31.0 Å². The molecule has 10 nitrogen and oxygen atoms in total. The van der Waals surface area contributed by atoms with Gasteiger partial charge in [-0.15, -0.1) is 0 Å². The number of anilines is 2. The van der Waals surface area contributed by atoms with Crippen LogP contribution in [0, 0.1) is 5.82 Å². The summed E-state index contributed by atoms with van der Waals surface area (Å²) in [6, 6.07) is 6.46. The van der Waals surface area contributed by atoms with Crippen LogP contribution in [0.15, 0.2) is 36.8 Å². The molecule has 0 saturated carbocycles. The lowest BCUT2D eigenvalue weighted by Crippen LogP contribution is -2.56. The van der Waals surface area contributed by atoms with Gasteiger partial charge < -0.3 is 10.1 Å². The van der Waals surface area contributed by atoms with E-state index in [4.69, 9.17) is 4.74 Å². The molecule has 4 aromatic heterocycles. The Bertz CT molecular complexity index is 1430. The molecule has 0 aromatic carbocycles. The van der Waals surface area contributed by atoms with Gasteiger partial charge in [-0.3, -0.25) is 14.5 Å². The van der Waals surface area contributed by atoms with Crippen LogP contribution in [0.5, 0.6) is 0 Å². The Hall–Kier alpha value is -3.54. The molecular formula is C27H32FN9O. The van der Waals surface area contributed by atoms with E-state index in [9.17, 15) is 4.39 Å². The molecule has 0 amide bonds. The Balaban J connectivity index is 1.14. The first-order valence-electron chi connectivity index (χ1n) is 13.1. The van der Waals surface area contributed by atoms with Gasteiger partial charge in [-0.1, -0.05) is 19.9 Å². The Labute approximate surface area is 220 Å². The van der Waals surface area contributed by atoms with Crippen molar-refractivity contribution in [2.24, 2.45) is 7.05 Å². The maximum atomic E-state index is 14.8. The zero-order valence-corrected chi connectivity index (χ0v) is 21.9. The number of pyridine rings is 2. The summed E-state index contributed by atoms with van der Waals surface area (Å²) in [5, 5.41) is 8.47. The quantitative estimate of drug-likeness (QED) is 0.396. The van der Waals surface area contributed by atoms with E-state index >= 15 is 0 Å². The summed E-state index contributed by atoms with van der Waals surface area (Å²) >= 11 is 0. The van der Waals surface area contributed by atoms with Crippen LogP contribution in [0.3, 0.4) is 0 Å². The van der Waals surface area contributed by atoms with E-state index in [2.05, 4.69) is 60.1 Å². The van der Waals surface area contributed by atoms with Crippen LogP contribution in [0.4, 0.5) is 16.2 Å². The standard InChI is InChI=1S/C27H32FN9O/c1-17(2)25-21-10-19(12-30-26(21)34-35(25)3)24-22(28)13-31-27(33-24)32-23-5-4-18(11-29-23)14-36-6-8-37(9-7-36)20-15-38-16-20/h4-5,10-13,17,20H,6-9,14-16H2,1-3H3,(H,29,31,32,33). The number of hydrogen-bond acceptors (Lipinski definition) is 9. The van der Waals surface area contributed by atoms with Crippen molar-refractivity contribution in [2.75, 3.05) is 44.7 Å². The predicted octanol–water partition coefficient (Wildman–Crippen LogP) is 3.34. The number of aromatic nitrogens is 6. The summed E-state index contributed by atoms with van der Waals surface area (Å²) in [6.45, 7) is 11.0. The van der Waals surface area contributed by atoms with Crippen molar-refractivity contribution in [2.45, 2.75) is 32.4 Å². The number of ether oxygens (including phenoxy) is 1. The van der Waals surface area contributed by atoms with Gasteiger partial charge in [-0.2, -0.15) is 5.10 Å². The highest BCUT2D eigenvalue weighted by molar-refractivity contribution is 5.83.